The van der Waals surface area contributed by atoms with Crippen LogP contribution in [-0.2, 0) is 6.42 Å². The predicted molar refractivity (Wildman–Crippen MR) is 76.9 cm³/mol. The minimum Gasteiger partial charge on any atom is -0.469 e. The highest BCUT2D eigenvalue weighted by Crippen LogP contribution is 2.15. The molecule has 0 spiro atoms. The molecule has 0 aliphatic carbocycles. The summed E-state index contributed by atoms with van der Waals surface area (Å²) < 4.78 is 5.12. The van der Waals surface area contributed by atoms with Crippen LogP contribution in [-0.4, -0.2) is 11.8 Å². The van der Waals surface area contributed by atoms with E-state index in [0.29, 0.717) is 17.2 Å². The van der Waals surface area contributed by atoms with Crippen LogP contribution in [0.3, 0.4) is 0 Å². The maximum absolute atomic E-state index is 12.0. The number of alkyl halides is 1. The molecule has 19 heavy (non-hydrogen) atoms. The van der Waals surface area contributed by atoms with Gasteiger partial charge in [-0.05, 0) is 43.5 Å². The van der Waals surface area contributed by atoms with Gasteiger partial charge in [0, 0.05) is 11.6 Å². The first-order valence-electron chi connectivity index (χ1n) is 6.21. The van der Waals surface area contributed by atoms with Crippen molar-refractivity contribution in [2.75, 3.05) is 11.2 Å². The summed E-state index contributed by atoms with van der Waals surface area (Å²) in [7, 11) is 0. The largest absolute Gasteiger partial charge is 0.469 e. The van der Waals surface area contributed by atoms with Crippen molar-refractivity contribution in [2.45, 2.75) is 19.8 Å². The molecule has 2 aromatic rings. The first-order valence-corrected chi connectivity index (χ1v) is 6.74. The number of rotatable bonds is 5. The van der Waals surface area contributed by atoms with Gasteiger partial charge < -0.3 is 9.73 Å². The standard InChI is InChI=1S/C15H16ClNO2/c1-11-14(7-9-19-11)15(18)17-13-6-2-4-12(10-13)5-3-8-16/h2,4,6-7,9-10H,3,5,8H2,1H3,(H,17,18). The minimum absolute atomic E-state index is 0.152. The Bertz CT molecular complexity index is 563. The lowest BCUT2D eigenvalue weighted by molar-refractivity contribution is 0.102. The summed E-state index contributed by atoms with van der Waals surface area (Å²) >= 11 is 5.68. The average molecular weight is 278 g/mol. The van der Waals surface area contributed by atoms with Crippen molar-refractivity contribution >= 4 is 23.2 Å². The van der Waals surface area contributed by atoms with Crippen molar-refractivity contribution in [2.24, 2.45) is 0 Å². The third kappa shape index (κ3) is 3.61. The lowest BCUT2D eigenvalue weighted by Gasteiger charge is -2.06. The second-order valence-electron chi connectivity index (χ2n) is 4.34. The fourth-order valence-electron chi connectivity index (χ4n) is 1.89. The molecule has 1 aromatic heterocycles. The molecule has 0 unspecified atom stereocenters. The molecule has 0 aliphatic heterocycles. The summed E-state index contributed by atoms with van der Waals surface area (Å²) in [6, 6.07) is 9.48. The summed E-state index contributed by atoms with van der Waals surface area (Å²) in [4.78, 5) is 12.0. The molecular weight excluding hydrogens is 262 g/mol. The molecule has 0 aliphatic rings. The molecule has 1 amide bonds. The number of furan rings is 1. The van der Waals surface area contributed by atoms with Crippen molar-refractivity contribution in [3.05, 3.63) is 53.5 Å². The second kappa shape index (κ2) is 6.43. The first kappa shape index (κ1) is 13.7. The maximum Gasteiger partial charge on any atom is 0.259 e. The van der Waals surface area contributed by atoms with Gasteiger partial charge in [0.15, 0.2) is 0 Å². The quantitative estimate of drug-likeness (QED) is 0.839. The molecule has 0 atom stereocenters. The Hall–Kier alpha value is -1.74. The van der Waals surface area contributed by atoms with Gasteiger partial charge in [-0.1, -0.05) is 12.1 Å². The average Bonchev–Trinajstić information content (AvgIpc) is 2.83. The number of carbonyl (C=O) groups excluding carboxylic acids is 1. The second-order valence-corrected chi connectivity index (χ2v) is 4.72. The monoisotopic (exact) mass is 277 g/mol. The highest BCUT2D eigenvalue weighted by molar-refractivity contribution is 6.17. The Morgan fingerprint density at radius 3 is 2.89 bits per heavy atom. The molecule has 0 bridgehead atoms. The van der Waals surface area contributed by atoms with E-state index in [1.807, 2.05) is 24.3 Å². The zero-order valence-corrected chi connectivity index (χ0v) is 11.5. The van der Waals surface area contributed by atoms with E-state index in [2.05, 4.69) is 5.32 Å². The Kier molecular flexibility index (Phi) is 4.63. The van der Waals surface area contributed by atoms with E-state index >= 15 is 0 Å². The zero-order valence-electron chi connectivity index (χ0n) is 10.8. The number of halogens is 1. The summed E-state index contributed by atoms with van der Waals surface area (Å²) in [6.07, 6.45) is 3.36. The van der Waals surface area contributed by atoms with Crippen LogP contribution in [0.4, 0.5) is 5.69 Å². The molecule has 100 valence electrons. The topological polar surface area (TPSA) is 42.2 Å². The van der Waals surface area contributed by atoms with Crippen molar-refractivity contribution in [3.63, 3.8) is 0 Å². The maximum atomic E-state index is 12.0. The van der Waals surface area contributed by atoms with Gasteiger partial charge in [0.1, 0.15) is 5.76 Å². The third-order valence-corrected chi connectivity index (χ3v) is 3.15. The fourth-order valence-corrected chi connectivity index (χ4v) is 2.03. The van der Waals surface area contributed by atoms with Crippen molar-refractivity contribution in [3.8, 4) is 0 Å². The summed E-state index contributed by atoms with van der Waals surface area (Å²) in [5, 5.41) is 2.87. The van der Waals surface area contributed by atoms with Crippen LogP contribution in [0.5, 0.6) is 0 Å². The number of hydrogen-bond donors (Lipinski definition) is 1. The minimum atomic E-state index is -0.152. The van der Waals surface area contributed by atoms with Crippen LogP contribution in [0.15, 0.2) is 41.0 Å². The number of benzene rings is 1. The molecule has 0 radical (unpaired) electrons. The van der Waals surface area contributed by atoms with E-state index in [0.717, 1.165) is 18.5 Å². The fraction of sp³-hybridized carbons (Fsp3) is 0.267. The Morgan fingerprint density at radius 2 is 2.21 bits per heavy atom. The molecule has 1 aromatic carbocycles. The van der Waals surface area contributed by atoms with Gasteiger partial charge >= 0.3 is 0 Å². The lowest BCUT2D eigenvalue weighted by Crippen LogP contribution is -2.12. The zero-order chi connectivity index (χ0) is 13.7. The van der Waals surface area contributed by atoms with Crippen LogP contribution < -0.4 is 5.32 Å². The summed E-state index contributed by atoms with van der Waals surface area (Å²) in [5.74, 6) is 1.11. The van der Waals surface area contributed by atoms with Gasteiger partial charge in [0.25, 0.3) is 5.91 Å². The number of anilines is 1. The number of carbonyl (C=O) groups is 1. The first-order chi connectivity index (χ1) is 9.20. The number of hydrogen-bond acceptors (Lipinski definition) is 2. The van der Waals surface area contributed by atoms with Crippen molar-refractivity contribution in [1.29, 1.82) is 0 Å². The SMILES string of the molecule is Cc1occc1C(=O)Nc1cccc(CCCCl)c1. The predicted octanol–water partition coefficient (Wildman–Crippen LogP) is 4.01. The van der Waals surface area contributed by atoms with Crippen molar-refractivity contribution < 1.29 is 9.21 Å². The van der Waals surface area contributed by atoms with Gasteiger partial charge in [-0.25, -0.2) is 0 Å². The highest BCUT2D eigenvalue weighted by atomic mass is 35.5. The van der Waals surface area contributed by atoms with Gasteiger partial charge in [-0.2, -0.15) is 0 Å². The summed E-state index contributed by atoms with van der Waals surface area (Å²) in [5.41, 5.74) is 2.52. The van der Waals surface area contributed by atoms with Crippen LogP contribution in [0.1, 0.15) is 28.1 Å². The number of amides is 1. The lowest BCUT2D eigenvalue weighted by atomic mass is 10.1. The van der Waals surface area contributed by atoms with Gasteiger partial charge in [0.2, 0.25) is 0 Å². The van der Waals surface area contributed by atoms with E-state index in [1.165, 1.54) is 11.8 Å². The molecule has 1 heterocycles. The molecule has 2 rings (SSSR count). The number of aryl methyl sites for hydroxylation is 2. The normalized spacial score (nSPS) is 10.4. The molecule has 0 saturated heterocycles. The van der Waals surface area contributed by atoms with Crippen molar-refractivity contribution in [1.82, 2.24) is 0 Å². The molecule has 0 fully saturated rings. The summed E-state index contributed by atoms with van der Waals surface area (Å²) in [6.45, 7) is 1.77. The molecule has 0 saturated carbocycles. The molecular formula is C15H16ClNO2. The van der Waals surface area contributed by atoms with Gasteiger partial charge in [0.05, 0.1) is 11.8 Å². The van der Waals surface area contributed by atoms with E-state index in [9.17, 15) is 4.79 Å². The third-order valence-electron chi connectivity index (χ3n) is 2.89. The van der Waals surface area contributed by atoms with E-state index in [1.54, 1.807) is 13.0 Å². The molecule has 4 heteroatoms. The molecule has 3 nitrogen and oxygen atoms in total. The van der Waals surface area contributed by atoms with E-state index in [-0.39, 0.29) is 5.91 Å². The molecule has 1 N–H and O–H groups in total. The van der Waals surface area contributed by atoms with Gasteiger partial charge in [-0.3, -0.25) is 4.79 Å². The van der Waals surface area contributed by atoms with Crippen LogP contribution in [0.2, 0.25) is 0 Å². The van der Waals surface area contributed by atoms with Crippen LogP contribution in [0, 0.1) is 6.92 Å². The Balaban J connectivity index is 2.07. The van der Waals surface area contributed by atoms with E-state index < -0.39 is 0 Å². The van der Waals surface area contributed by atoms with Crippen LogP contribution >= 0.6 is 11.6 Å². The number of nitrogens with one attached hydrogen (secondary N) is 1. The smallest absolute Gasteiger partial charge is 0.259 e. The Labute approximate surface area is 117 Å². The Morgan fingerprint density at radius 1 is 1.37 bits per heavy atom. The van der Waals surface area contributed by atoms with Gasteiger partial charge in [-0.15, -0.1) is 11.6 Å². The highest BCUT2D eigenvalue weighted by Gasteiger charge is 2.11. The van der Waals surface area contributed by atoms with E-state index in [4.69, 9.17) is 16.0 Å². The van der Waals surface area contributed by atoms with Crippen LogP contribution in [0.25, 0.3) is 0 Å².